The van der Waals surface area contributed by atoms with E-state index in [0.29, 0.717) is 17.4 Å². The van der Waals surface area contributed by atoms with Crippen molar-refractivity contribution in [1.82, 2.24) is 4.90 Å². The monoisotopic (exact) mass is 385 g/mol. The minimum atomic E-state index is 0.181. The van der Waals surface area contributed by atoms with Crippen molar-refractivity contribution < 1.29 is 4.55 Å². The highest BCUT2D eigenvalue weighted by Gasteiger charge is 2.50. The van der Waals surface area contributed by atoms with Crippen LogP contribution >= 0.6 is 12.0 Å². The molecule has 26 heavy (non-hydrogen) atoms. The average Bonchev–Trinajstić information content (AvgIpc) is 2.49. The number of hydrogen-bond acceptors (Lipinski definition) is 3. The van der Waals surface area contributed by atoms with E-state index in [0.717, 1.165) is 24.2 Å². The van der Waals surface area contributed by atoms with Crippen molar-refractivity contribution in [2.75, 3.05) is 5.75 Å². The molecule has 3 unspecified atom stereocenters. The quantitative estimate of drug-likeness (QED) is 0.479. The van der Waals surface area contributed by atoms with Gasteiger partial charge in [0.2, 0.25) is 0 Å². The highest BCUT2D eigenvalue weighted by atomic mass is 32.2. The van der Waals surface area contributed by atoms with E-state index in [2.05, 4.69) is 74.1 Å². The minimum absolute atomic E-state index is 0.181. The lowest BCUT2D eigenvalue weighted by molar-refractivity contribution is -0.0621. The molecule has 1 N–H and O–H groups in total. The molecule has 0 bridgehead atoms. The predicted molar refractivity (Wildman–Crippen MR) is 119 cm³/mol. The van der Waals surface area contributed by atoms with Crippen LogP contribution < -0.4 is 0 Å². The summed E-state index contributed by atoms with van der Waals surface area (Å²) in [6.07, 6.45) is 7.19. The number of nitrogens with zero attached hydrogens (tertiary/aromatic N) is 1. The summed E-state index contributed by atoms with van der Waals surface area (Å²) in [6, 6.07) is 0.589. The van der Waals surface area contributed by atoms with Crippen molar-refractivity contribution in [3.63, 3.8) is 0 Å². The van der Waals surface area contributed by atoms with Gasteiger partial charge in [-0.2, -0.15) is 0 Å². The van der Waals surface area contributed by atoms with Gasteiger partial charge in [-0.15, -0.1) is 0 Å². The van der Waals surface area contributed by atoms with Crippen LogP contribution in [0.25, 0.3) is 0 Å². The summed E-state index contributed by atoms with van der Waals surface area (Å²) >= 11 is 1.02. The first-order valence-corrected chi connectivity index (χ1v) is 11.7. The first-order valence-electron chi connectivity index (χ1n) is 10.8. The maximum Gasteiger partial charge on any atom is 0.0198 e. The first kappa shape index (κ1) is 24.3. The molecule has 0 radical (unpaired) electrons. The van der Waals surface area contributed by atoms with Gasteiger partial charge in [0.05, 0.1) is 0 Å². The van der Waals surface area contributed by atoms with E-state index < -0.39 is 0 Å². The molecule has 0 aromatic rings. The maximum absolute atomic E-state index is 9.37. The van der Waals surface area contributed by atoms with E-state index >= 15 is 0 Å². The Morgan fingerprint density at radius 1 is 1.04 bits per heavy atom. The summed E-state index contributed by atoms with van der Waals surface area (Å²) < 4.78 is 9.37. The van der Waals surface area contributed by atoms with E-state index in [4.69, 9.17) is 0 Å². The van der Waals surface area contributed by atoms with Gasteiger partial charge in [-0.05, 0) is 95.0 Å². The van der Waals surface area contributed by atoms with Gasteiger partial charge in [-0.25, -0.2) is 0 Å². The zero-order chi connectivity index (χ0) is 20.4. The Balaban J connectivity index is 3.47. The lowest BCUT2D eigenvalue weighted by Crippen LogP contribution is -2.61. The van der Waals surface area contributed by atoms with Gasteiger partial charge >= 0.3 is 0 Å². The molecule has 0 aromatic heterocycles. The first-order chi connectivity index (χ1) is 11.7. The lowest BCUT2D eigenvalue weighted by atomic mass is 9.64. The molecule has 1 saturated heterocycles. The Labute approximate surface area is 169 Å². The third kappa shape index (κ3) is 5.64. The van der Waals surface area contributed by atoms with Gasteiger partial charge in [0.15, 0.2) is 0 Å². The molecule has 1 rings (SSSR count). The van der Waals surface area contributed by atoms with Gasteiger partial charge in [0, 0.05) is 22.9 Å². The molecule has 0 aromatic carbocycles. The van der Waals surface area contributed by atoms with E-state index in [-0.39, 0.29) is 16.5 Å². The summed E-state index contributed by atoms with van der Waals surface area (Å²) in [5.41, 5.74) is 0.952. The molecule has 156 valence electrons. The Hall–Kier alpha value is 0.270. The standard InChI is InChI=1S/C23H47NOS/c1-11-18(3)24-22(8,9)16-20(4,5)15-19(13-14-26-25)21(6,7)17-23(24,10)12-2/h18-19,25H,11-17H2,1-10H3. The van der Waals surface area contributed by atoms with Crippen LogP contribution in [0.2, 0.25) is 0 Å². The normalized spacial score (nSPS) is 33.1. The molecule has 0 amide bonds. The van der Waals surface area contributed by atoms with Crippen molar-refractivity contribution in [3.8, 4) is 0 Å². The van der Waals surface area contributed by atoms with Crippen LogP contribution in [0.4, 0.5) is 0 Å². The molecular formula is C23H47NOS. The fraction of sp³-hybridized carbons (Fsp3) is 1.00. The SMILES string of the molecule is CCC(C)N1C(C)(C)CC(C)(C)CC(CCSO)C(C)(C)CC1(C)CC. The molecule has 1 aliphatic rings. The van der Waals surface area contributed by atoms with E-state index in [1.807, 2.05) is 0 Å². The number of rotatable bonds is 6. The Kier molecular flexibility index (Phi) is 8.17. The van der Waals surface area contributed by atoms with Crippen molar-refractivity contribution in [2.24, 2.45) is 16.7 Å². The van der Waals surface area contributed by atoms with Gasteiger partial charge in [-0.1, -0.05) is 41.5 Å². The predicted octanol–water partition coefficient (Wildman–Crippen LogP) is 7.48. The van der Waals surface area contributed by atoms with Gasteiger partial charge in [0.1, 0.15) is 0 Å². The van der Waals surface area contributed by atoms with Gasteiger partial charge in [0.25, 0.3) is 0 Å². The molecular weight excluding hydrogens is 338 g/mol. The van der Waals surface area contributed by atoms with Crippen LogP contribution in [0, 0.1) is 16.7 Å². The summed E-state index contributed by atoms with van der Waals surface area (Å²) in [4.78, 5) is 2.88. The highest BCUT2D eigenvalue weighted by Crippen LogP contribution is 2.52. The van der Waals surface area contributed by atoms with Crippen LogP contribution in [0.15, 0.2) is 0 Å². The summed E-state index contributed by atoms with van der Waals surface area (Å²) in [6.45, 7) is 24.5. The second-order valence-corrected chi connectivity index (χ2v) is 12.0. The largest absolute Gasteiger partial charge is 0.330 e. The number of hydrogen-bond donors (Lipinski definition) is 1. The fourth-order valence-corrected chi connectivity index (χ4v) is 6.90. The van der Waals surface area contributed by atoms with Crippen LogP contribution in [0.1, 0.15) is 108 Å². The van der Waals surface area contributed by atoms with E-state index in [1.54, 1.807) is 0 Å². The van der Waals surface area contributed by atoms with Gasteiger partial charge < -0.3 is 4.55 Å². The smallest absolute Gasteiger partial charge is 0.0198 e. The summed E-state index contributed by atoms with van der Waals surface area (Å²) in [7, 11) is 0. The topological polar surface area (TPSA) is 23.5 Å². The fourth-order valence-electron chi connectivity index (χ4n) is 6.51. The van der Waals surface area contributed by atoms with Crippen molar-refractivity contribution in [2.45, 2.75) is 125 Å². The lowest BCUT2D eigenvalue weighted by Gasteiger charge is -2.56. The molecule has 0 aliphatic carbocycles. The molecule has 1 aliphatic heterocycles. The van der Waals surface area contributed by atoms with E-state index in [9.17, 15) is 4.55 Å². The molecule has 0 saturated carbocycles. The zero-order valence-corrected chi connectivity index (χ0v) is 20.2. The van der Waals surface area contributed by atoms with E-state index in [1.165, 1.54) is 32.1 Å². The zero-order valence-electron chi connectivity index (χ0n) is 19.4. The maximum atomic E-state index is 9.37. The molecule has 1 fully saturated rings. The molecule has 3 atom stereocenters. The van der Waals surface area contributed by atoms with Crippen LogP contribution in [-0.2, 0) is 0 Å². The van der Waals surface area contributed by atoms with Crippen LogP contribution in [-0.4, -0.2) is 32.3 Å². The second kappa shape index (κ2) is 8.74. The molecule has 2 nitrogen and oxygen atoms in total. The van der Waals surface area contributed by atoms with Crippen LogP contribution in [0.5, 0.6) is 0 Å². The third-order valence-corrected chi connectivity index (χ3v) is 7.65. The Morgan fingerprint density at radius 2 is 1.62 bits per heavy atom. The van der Waals surface area contributed by atoms with Gasteiger partial charge in [-0.3, -0.25) is 4.90 Å². The summed E-state index contributed by atoms with van der Waals surface area (Å²) in [5, 5.41) is 0. The molecule has 1 heterocycles. The minimum Gasteiger partial charge on any atom is -0.330 e. The molecule has 3 heteroatoms. The molecule has 0 spiro atoms. The third-order valence-electron chi connectivity index (χ3n) is 7.24. The Morgan fingerprint density at radius 3 is 2.08 bits per heavy atom. The van der Waals surface area contributed by atoms with Crippen molar-refractivity contribution in [1.29, 1.82) is 0 Å². The van der Waals surface area contributed by atoms with Crippen molar-refractivity contribution >= 4 is 12.0 Å². The highest BCUT2D eigenvalue weighted by molar-refractivity contribution is 7.93. The average molecular weight is 386 g/mol. The summed E-state index contributed by atoms with van der Waals surface area (Å²) in [5.74, 6) is 1.50. The van der Waals surface area contributed by atoms with Crippen molar-refractivity contribution in [3.05, 3.63) is 0 Å². The second-order valence-electron chi connectivity index (χ2n) is 11.3. The van der Waals surface area contributed by atoms with Crippen LogP contribution in [0.3, 0.4) is 0 Å². The Bertz CT molecular complexity index is 445.